The summed E-state index contributed by atoms with van der Waals surface area (Å²) >= 11 is 5.78. The van der Waals surface area contributed by atoms with E-state index in [0.29, 0.717) is 34.3 Å². The van der Waals surface area contributed by atoms with Gasteiger partial charge in [0.05, 0.1) is 17.0 Å². The Labute approximate surface area is 168 Å². The molecular formula is C21H21ClN2O4. The Morgan fingerprint density at radius 1 is 1.21 bits per heavy atom. The number of rotatable bonds is 4. The van der Waals surface area contributed by atoms with Gasteiger partial charge in [0, 0.05) is 12.3 Å². The van der Waals surface area contributed by atoms with Crippen LogP contribution >= 0.6 is 11.6 Å². The summed E-state index contributed by atoms with van der Waals surface area (Å²) in [4.78, 5) is 28.6. The zero-order chi connectivity index (χ0) is 19.6. The molecule has 1 amide bonds. The molecule has 1 N–H and O–H groups in total. The van der Waals surface area contributed by atoms with Gasteiger partial charge in [-0.25, -0.2) is 4.98 Å². The number of carbonyl (C=O) groups excluding carboxylic acids is 2. The van der Waals surface area contributed by atoms with Gasteiger partial charge in [0.2, 0.25) is 0 Å². The first-order chi connectivity index (χ1) is 13.5. The van der Waals surface area contributed by atoms with Crippen LogP contribution in [0, 0.1) is 0 Å². The lowest BCUT2D eigenvalue weighted by atomic mass is 9.78. The zero-order valence-corrected chi connectivity index (χ0v) is 16.1. The highest BCUT2D eigenvalue weighted by Crippen LogP contribution is 2.42. The van der Waals surface area contributed by atoms with Crippen molar-refractivity contribution in [3.63, 3.8) is 0 Å². The minimum absolute atomic E-state index is 0.112. The smallest absolute Gasteiger partial charge is 0.263 e. The number of anilines is 1. The minimum atomic E-state index is -0.376. The summed E-state index contributed by atoms with van der Waals surface area (Å²) < 4.78 is 11.8. The molecule has 7 heteroatoms. The van der Waals surface area contributed by atoms with Crippen molar-refractivity contribution in [1.29, 1.82) is 0 Å². The Bertz CT molecular complexity index is 892. The molecule has 146 valence electrons. The van der Waals surface area contributed by atoms with Crippen LogP contribution in [0.15, 0.2) is 36.5 Å². The van der Waals surface area contributed by atoms with Gasteiger partial charge in [0.25, 0.3) is 5.91 Å². The molecule has 0 radical (unpaired) electrons. The van der Waals surface area contributed by atoms with Gasteiger partial charge in [0.15, 0.2) is 12.4 Å². The van der Waals surface area contributed by atoms with Crippen LogP contribution in [0.25, 0.3) is 0 Å². The predicted octanol–water partition coefficient (Wildman–Crippen LogP) is 4.42. The van der Waals surface area contributed by atoms with E-state index >= 15 is 0 Å². The summed E-state index contributed by atoms with van der Waals surface area (Å²) in [6, 6.07) is 8.36. The molecule has 1 saturated carbocycles. The van der Waals surface area contributed by atoms with Crippen molar-refractivity contribution in [2.45, 2.75) is 44.1 Å². The van der Waals surface area contributed by atoms with Gasteiger partial charge < -0.3 is 14.8 Å². The summed E-state index contributed by atoms with van der Waals surface area (Å²) in [6.45, 7) is -0.178. The molecule has 28 heavy (non-hydrogen) atoms. The topological polar surface area (TPSA) is 77.5 Å². The third-order valence-corrected chi connectivity index (χ3v) is 5.42. The summed E-state index contributed by atoms with van der Waals surface area (Å²) in [5.74, 6) is 1.21. The number of hydrogen-bond acceptors (Lipinski definition) is 5. The fraction of sp³-hybridized carbons (Fsp3) is 0.381. The molecule has 1 aliphatic heterocycles. The first kappa shape index (κ1) is 18.7. The maximum Gasteiger partial charge on any atom is 0.263 e. The highest BCUT2D eigenvalue weighted by Gasteiger charge is 2.41. The largest absolute Gasteiger partial charge is 0.486 e. The summed E-state index contributed by atoms with van der Waals surface area (Å²) in [6.07, 6.45) is 7.05. The molecule has 1 aliphatic carbocycles. The summed E-state index contributed by atoms with van der Waals surface area (Å²) in [5.41, 5.74) is 0.205. The molecule has 1 spiro atoms. The van der Waals surface area contributed by atoms with E-state index in [2.05, 4.69) is 10.3 Å². The van der Waals surface area contributed by atoms with Gasteiger partial charge in [-0.05, 0) is 49.9 Å². The fourth-order valence-electron chi connectivity index (χ4n) is 3.82. The number of halogens is 1. The van der Waals surface area contributed by atoms with Crippen LogP contribution in [0.5, 0.6) is 11.5 Å². The third-order valence-electron chi connectivity index (χ3n) is 5.19. The van der Waals surface area contributed by atoms with E-state index < -0.39 is 0 Å². The van der Waals surface area contributed by atoms with E-state index in [0.717, 1.165) is 25.7 Å². The molecule has 1 aromatic carbocycles. The Morgan fingerprint density at radius 2 is 2.04 bits per heavy atom. The van der Waals surface area contributed by atoms with Gasteiger partial charge >= 0.3 is 0 Å². The number of hydrogen-bond donors (Lipinski definition) is 1. The van der Waals surface area contributed by atoms with Crippen LogP contribution in [0.2, 0.25) is 5.02 Å². The lowest BCUT2D eigenvalue weighted by molar-refractivity contribution is -0.118. The maximum absolute atomic E-state index is 12.6. The number of pyridine rings is 1. The molecule has 6 nitrogen and oxygen atoms in total. The number of fused-ring (bicyclic) bond motifs is 1. The Morgan fingerprint density at radius 3 is 2.79 bits per heavy atom. The highest BCUT2D eigenvalue weighted by molar-refractivity contribution is 6.30. The molecule has 0 unspecified atom stereocenters. The van der Waals surface area contributed by atoms with Crippen molar-refractivity contribution in [2.24, 2.45) is 0 Å². The first-order valence-electron chi connectivity index (χ1n) is 9.44. The number of aromatic nitrogens is 1. The van der Waals surface area contributed by atoms with E-state index in [1.54, 1.807) is 30.3 Å². The zero-order valence-electron chi connectivity index (χ0n) is 15.4. The molecule has 2 aromatic rings. The van der Waals surface area contributed by atoms with Gasteiger partial charge in [-0.1, -0.05) is 18.0 Å². The number of ether oxygens (including phenoxy) is 2. The third kappa shape index (κ3) is 4.12. The van der Waals surface area contributed by atoms with Gasteiger partial charge in [-0.3, -0.25) is 9.59 Å². The maximum atomic E-state index is 12.6. The van der Waals surface area contributed by atoms with Crippen LogP contribution in [0.4, 0.5) is 5.82 Å². The molecule has 2 aliphatic rings. The number of Topliss-reactive ketones (excluding diaryl/α,β-unsaturated/α-hetero) is 1. The van der Waals surface area contributed by atoms with Crippen molar-refractivity contribution < 1.29 is 19.1 Å². The summed E-state index contributed by atoms with van der Waals surface area (Å²) in [7, 11) is 0. The van der Waals surface area contributed by atoms with E-state index in [9.17, 15) is 9.59 Å². The number of benzene rings is 1. The van der Waals surface area contributed by atoms with Crippen molar-refractivity contribution in [2.75, 3.05) is 11.9 Å². The number of ketones is 1. The molecule has 0 atom stereocenters. The molecule has 1 aromatic heterocycles. The monoisotopic (exact) mass is 400 g/mol. The van der Waals surface area contributed by atoms with Gasteiger partial charge in [0.1, 0.15) is 22.9 Å². The second kappa shape index (κ2) is 7.80. The standard InChI is InChI=1S/C21H21ClN2O4/c22-14-4-7-19(23-12-14)24-20(26)13-27-15-5-6-16-17(25)11-21(28-18(16)10-15)8-2-1-3-9-21/h4-7,10,12H,1-3,8-9,11,13H2,(H,23,24,26). The molecule has 2 heterocycles. The van der Waals surface area contributed by atoms with Crippen LogP contribution in [-0.2, 0) is 4.79 Å². The van der Waals surface area contributed by atoms with Crippen molar-refractivity contribution in [3.05, 3.63) is 47.1 Å². The average Bonchev–Trinajstić information content (AvgIpc) is 2.68. The van der Waals surface area contributed by atoms with Gasteiger partial charge in [-0.2, -0.15) is 0 Å². The van der Waals surface area contributed by atoms with Crippen molar-refractivity contribution in [3.8, 4) is 11.5 Å². The molecular weight excluding hydrogens is 380 g/mol. The minimum Gasteiger partial charge on any atom is -0.486 e. The Balaban J connectivity index is 1.41. The van der Waals surface area contributed by atoms with Crippen molar-refractivity contribution in [1.82, 2.24) is 4.98 Å². The van der Waals surface area contributed by atoms with Crippen LogP contribution in [0.1, 0.15) is 48.9 Å². The van der Waals surface area contributed by atoms with Gasteiger partial charge in [-0.15, -0.1) is 0 Å². The number of nitrogens with one attached hydrogen (secondary N) is 1. The van der Waals surface area contributed by atoms with E-state index in [1.165, 1.54) is 12.6 Å². The number of carbonyl (C=O) groups is 2. The van der Waals surface area contributed by atoms with E-state index in [1.807, 2.05) is 0 Å². The first-order valence-corrected chi connectivity index (χ1v) is 9.81. The van der Waals surface area contributed by atoms with Crippen LogP contribution in [0.3, 0.4) is 0 Å². The Kier molecular flexibility index (Phi) is 5.22. The molecule has 0 saturated heterocycles. The molecule has 1 fully saturated rings. The van der Waals surface area contributed by atoms with E-state index in [4.69, 9.17) is 21.1 Å². The summed E-state index contributed by atoms with van der Waals surface area (Å²) in [5, 5.41) is 3.13. The lowest BCUT2D eigenvalue weighted by Crippen LogP contribution is -2.43. The predicted molar refractivity (Wildman–Crippen MR) is 105 cm³/mol. The quantitative estimate of drug-likeness (QED) is 0.821. The normalized spacial score (nSPS) is 17.5. The fourth-order valence-corrected chi connectivity index (χ4v) is 3.93. The molecule has 0 bridgehead atoms. The van der Waals surface area contributed by atoms with E-state index in [-0.39, 0.29) is 23.9 Å². The number of amides is 1. The SMILES string of the molecule is O=C(COc1ccc2c(c1)OC1(CCCCC1)CC2=O)Nc1ccc(Cl)cn1. The number of nitrogens with zero attached hydrogens (tertiary/aromatic N) is 1. The van der Waals surface area contributed by atoms with Crippen molar-refractivity contribution >= 4 is 29.1 Å². The lowest BCUT2D eigenvalue weighted by Gasteiger charge is -2.40. The second-order valence-electron chi connectivity index (χ2n) is 7.30. The second-order valence-corrected chi connectivity index (χ2v) is 7.74. The highest BCUT2D eigenvalue weighted by atomic mass is 35.5. The average molecular weight is 401 g/mol. The molecule has 4 rings (SSSR count). The Hall–Kier alpha value is -2.60. The van der Waals surface area contributed by atoms with Crippen LogP contribution < -0.4 is 14.8 Å². The van der Waals surface area contributed by atoms with Crippen LogP contribution in [-0.4, -0.2) is 28.9 Å².